The maximum Gasteiger partial charge on any atom is 0.244 e. The van der Waals surface area contributed by atoms with Crippen LogP contribution in [0, 0.1) is 13.8 Å². The number of methoxy groups -OCH3 is 2. The molecule has 0 aromatic heterocycles. The minimum atomic E-state index is -3.68. The van der Waals surface area contributed by atoms with E-state index in [0.29, 0.717) is 18.7 Å². The van der Waals surface area contributed by atoms with E-state index in [9.17, 15) is 8.42 Å². The summed E-state index contributed by atoms with van der Waals surface area (Å²) in [6.45, 7) is 4.38. The molecule has 5 nitrogen and oxygen atoms in total. The monoisotopic (exact) mass is 349 g/mol. The third-order valence-corrected chi connectivity index (χ3v) is 5.33. The lowest BCUT2D eigenvalue weighted by molar-refractivity contribution is 0.392. The number of rotatable bonds is 7. The Balaban J connectivity index is 2.14. The summed E-state index contributed by atoms with van der Waals surface area (Å²) in [5, 5.41) is 0. The molecule has 0 fully saturated rings. The van der Waals surface area contributed by atoms with Crippen LogP contribution < -0.4 is 14.2 Å². The molecular formula is C18H23NO4S. The molecular weight excluding hydrogens is 326 g/mol. The van der Waals surface area contributed by atoms with E-state index in [1.807, 2.05) is 26.0 Å². The van der Waals surface area contributed by atoms with Gasteiger partial charge in [-0.25, -0.2) is 13.1 Å². The van der Waals surface area contributed by atoms with Crippen LogP contribution in [-0.4, -0.2) is 29.2 Å². The summed E-state index contributed by atoms with van der Waals surface area (Å²) in [5.74, 6) is 0.750. The molecule has 0 atom stereocenters. The van der Waals surface area contributed by atoms with Crippen molar-refractivity contribution in [1.29, 1.82) is 0 Å². The van der Waals surface area contributed by atoms with Crippen molar-refractivity contribution in [2.75, 3.05) is 20.8 Å². The smallest absolute Gasteiger partial charge is 0.244 e. The molecule has 130 valence electrons. The van der Waals surface area contributed by atoms with Crippen LogP contribution in [-0.2, 0) is 16.4 Å². The number of hydrogen-bond donors (Lipinski definition) is 1. The predicted molar refractivity (Wildman–Crippen MR) is 94.4 cm³/mol. The molecule has 0 amide bonds. The lowest BCUT2D eigenvalue weighted by atomic mass is 10.0. The number of ether oxygens (including phenoxy) is 2. The van der Waals surface area contributed by atoms with Crippen molar-refractivity contribution >= 4 is 10.0 Å². The molecule has 0 saturated carbocycles. The summed E-state index contributed by atoms with van der Waals surface area (Å²) in [5.41, 5.74) is 3.48. The van der Waals surface area contributed by atoms with Crippen LogP contribution in [0.2, 0.25) is 0 Å². The van der Waals surface area contributed by atoms with Gasteiger partial charge in [0.05, 0.1) is 14.2 Å². The zero-order valence-electron chi connectivity index (χ0n) is 14.4. The summed E-state index contributed by atoms with van der Waals surface area (Å²) in [7, 11) is -0.749. The highest BCUT2D eigenvalue weighted by Gasteiger charge is 2.20. The van der Waals surface area contributed by atoms with Gasteiger partial charge in [-0.3, -0.25) is 0 Å². The van der Waals surface area contributed by atoms with Crippen LogP contribution in [0.4, 0.5) is 0 Å². The van der Waals surface area contributed by atoms with E-state index in [1.165, 1.54) is 25.8 Å². The van der Waals surface area contributed by atoms with Gasteiger partial charge in [-0.05, 0) is 43.5 Å². The van der Waals surface area contributed by atoms with Crippen LogP contribution in [0.5, 0.6) is 11.5 Å². The SMILES string of the molecule is COc1ccc(OC)c(S(=O)(=O)NCCc2ccc(C)cc2C)c1. The Bertz CT molecular complexity index is 816. The summed E-state index contributed by atoms with van der Waals surface area (Å²) in [4.78, 5) is 0.0741. The fraction of sp³-hybridized carbons (Fsp3) is 0.333. The van der Waals surface area contributed by atoms with Gasteiger partial charge >= 0.3 is 0 Å². The lowest BCUT2D eigenvalue weighted by Gasteiger charge is -2.13. The normalized spacial score (nSPS) is 11.3. The van der Waals surface area contributed by atoms with Crippen molar-refractivity contribution in [3.63, 3.8) is 0 Å². The van der Waals surface area contributed by atoms with E-state index in [4.69, 9.17) is 9.47 Å². The third-order valence-electron chi connectivity index (χ3n) is 3.84. The molecule has 0 aliphatic carbocycles. The Labute approximate surface area is 143 Å². The molecule has 2 aromatic rings. The van der Waals surface area contributed by atoms with E-state index in [1.54, 1.807) is 12.1 Å². The molecule has 24 heavy (non-hydrogen) atoms. The summed E-state index contributed by atoms with van der Waals surface area (Å²) >= 11 is 0. The Hall–Kier alpha value is -2.05. The summed E-state index contributed by atoms with van der Waals surface area (Å²) < 4.78 is 38.0. The maximum absolute atomic E-state index is 12.6. The van der Waals surface area contributed by atoms with Gasteiger partial charge in [0.25, 0.3) is 0 Å². The van der Waals surface area contributed by atoms with Crippen LogP contribution in [0.3, 0.4) is 0 Å². The zero-order chi connectivity index (χ0) is 17.7. The lowest BCUT2D eigenvalue weighted by Crippen LogP contribution is -2.26. The number of benzene rings is 2. The van der Waals surface area contributed by atoms with Crippen molar-refractivity contribution in [2.45, 2.75) is 25.2 Å². The molecule has 6 heteroatoms. The topological polar surface area (TPSA) is 64.6 Å². The largest absolute Gasteiger partial charge is 0.497 e. The maximum atomic E-state index is 12.6. The fourth-order valence-electron chi connectivity index (χ4n) is 2.52. The average molecular weight is 349 g/mol. The highest BCUT2D eigenvalue weighted by molar-refractivity contribution is 7.89. The van der Waals surface area contributed by atoms with Gasteiger partial charge in [0, 0.05) is 12.6 Å². The predicted octanol–water partition coefficient (Wildman–Crippen LogP) is 2.84. The number of aryl methyl sites for hydroxylation is 2. The minimum absolute atomic E-state index is 0.0741. The summed E-state index contributed by atoms with van der Waals surface area (Å²) in [6.07, 6.45) is 0.623. The first kappa shape index (κ1) is 18.3. The molecule has 0 aliphatic heterocycles. The minimum Gasteiger partial charge on any atom is -0.497 e. The molecule has 0 radical (unpaired) electrons. The molecule has 0 saturated heterocycles. The van der Waals surface area contributed by atoms with Gasteiger partial charge in [-0.1, -0.05) is 23.8 Å². The molecule has 0 heterocycles. The molecule has 1 N–H and O–H groups in total. The van der Waals surface area contributed by atoms with Crippen molar-refractivity contribution in [3.05, 3.63) is 53.1 Å². The van der Waals surface area contributed by atoms with Crippen LogP contribution in [0.15, 0.2) is 41.3 Å². The first-order valence-electron chi connectivity index (χ1n) is 7.65. The van der Waals surface area contributed by atoms with E-state index < -0.39 is 10.0 Å². The fourth-order valence-corrected chi connectivity index (χ4v) is 3.73. The van der Waals surface area contributed by atoms with E-state index in [0.717, 1.165) is 11.1 Å². The Morgan fingerprint density at radius 2 is 1.75 bits per heavy atom. The zero-order valence-corrected chi connectivity index (χ0v) is 15.2. The van der Waals surface area contributed by atoms with Crippen molar-refractivity contribution in [3.8, 4) is 11.5 Å². The van der Waals surface area contributed by atoms with E-state index in [2.05, 4.69) is 10.8 Å². The average Bonchev–Trinajstić information content (AvgIpc) is 2.56. The highest BCUT2D eigenvalue weighted by Crippen LogP contribution is 2.28. The molecule has 0 spiro atoms. The molecule has 0 unspecified atom stereocenters. The second-order valence-electron chi connectivity index (χ2n) is 5.59. The first-order valence-corrected chi connectivity index (χ1v) is 9.13. The Kier molecular flexibility index (Phi) is 5.85. The van der Waals surface area contributed by atoms with E-state index in [-0.39, 0.29) is 10.6 Å². The third kappa shape index (κ3) is 4.27. The molecule has 0 bridgehead atoms. The Morgan fingerprint density at radius 3 is 2.38 bits per heavy atom. The molecule has 0 aliphatic rings. The standard InChI is InChI=1S/C18H23NO4S/c1-13-5-6-15(14(2)11-13)9-10-19-24(20,21)18-12-16(22-3)7-8-17(18)23-4/h5-8,11-12,19H,9-10H2,1-4H3. The van der Waals surface area contributed by atoms with Crippen LogP contribution in [0.25, 0.3) is 0 Å². The Morgan fingerprint density at radius 1 is 1.00 bits per heavy atom. The number of hydrogen-bond acceptors (Lipinski definition) is 4. The van der Waals surface area contributed by atoms with Crippen molar-refractivity contribution in [2.24, 2.45) is 0 Å². The quantitative estimate of drug-likeness (QED) is 0.835. The van der Waals surface area contributed by atoms with Gasteiger partial charge < -0.3 is 9.47 Å². The first-order chi connectivity index (χ1) is 11.4. The van der Waals surface area contributed by atoms with Gasteiger partial charge in [-0.2, -0.15) is 0 Å². The summed E-state index contributed by atoms with van der Waals surface area (Å²) in [6, 6.07) is 10.9. The van der Waals surface area contributed by atoms with Gasteiger partial charge in [-0.15, -0.1) is 0 Å². The highest BCUT2D eigenvalue weighted by atomic mass is 32.2. The van der Waals surface area contributed by atoms with Crippen LogP contribution >= 0.6 is 0 Å². The van der Waals surface area contributed by atoms with Gasteiger partial charge in [0.15, 0.2) is 0 Å². The number of nitrogens with one attached hydrogen (secondary N) is 1. The second kappa shape index (κ2) is 7.68. The molecule has 2 aromatic carbocycles. The van der Waals surface area contributed by atoms with E-state index >= 15 is 0 Å². The second-order valence-corrected chi connectivity index (χ2v) is 7.33. The van der Waals surface area contributed by atoms with Crippen LogP contribution in [0.1, 0.15) is 16.7 Å². The van der Waals surface area contributed by atoms with Gasteiger partial charge in [0.1, 0.15) is 16.4 Å². The van der Waals surface area contributed by atoms with Crippen molar-refractivity contribution < 1.29 is 17.9 Å². The van der Waals surface area contributed by atoms with Crippen molar-refractivity contribution in [1.82, 2.24) is 4.72 Å². The van der Waals surface area contributed by atoms with Gasteiger partial charge in [0.2, 0.25) is 10.0 Å². The molecule has 2 rings (SSSR count). The number of sulfonamides is 1.